The van der Waals surface area contributed by atoms with Gasteiger partial charge in [-0.3, -0.25) is 9.69 Å². The molecular weight excluding hydrogens is 554 g/mol. The molecule has 42 heavy (non-hydrogen) atoms. The van der Waals surface area contributed by atoms with Gasteiger partial charge in [0.05, 0.1) is 17.8 Å². The number of pyridine rings is 1. The molecule has 0 radical (unpaired) electrons. The van der Waals surface area contributed by atoms with Gasteiger partial charge in [-0.15, -0.1) is 0 Å². The molecule has 11 nitrogen and oxygen atoms in total. The van der Waals surface area contributed by atoms with Crippen LogP contribution in [0, 0.1) is 0 Å². The summed E-state index contributed by atoms with van der Waals surface area (Å²) in [6, 6.07) is 11.1. The van der Waals surface area contributed by atoms with E-state index in [1.165, 1.54) is 12.3 Å². The molecule has 228 valence electrons. The van der Waals surface area contributed by atoms with E-state index in [1.807, 2.05) is 30.3 Å². The van der Waals surface area contributed by atoms with Gasteiger partial charge in [0.25, 0.3) is 5.91 Å². The van der Waals surface area contributed by atoms with Crippen LogP contribution in [0.5, 0.6) is 0 Å². The number of likely N-dealkylation sites (N-methyl/N-ethyl adjacent to an activating group) is 1. The fourth-order valence-electron chi connectivity index (χ4n) is 3.87. The summed E-state index contributed by atoms with van der Waals surface area (Å²) in [5.41, 5.74) is 0.818. The Morgan fingerprint density at radius 1 is 1.07 bits per heavy atom. The topological polar surface area (TPSA) is 125 Å². The Bertz CT molecular complexity index is 1430. The Labute approximate surface area is 250 Å². The van der Waals surface area contributed by atoms with Gasteiger partial charge >= 0.3 is 12.2 Å². The van der Waals surface area contributed by atoms with E-state index in [0.717, 1.165) is 15.1 Å². The van der Waals surface area contributed by atoms with Crippen LogP contribution in [-0.2, 0) is 25.3 Å². The zero-order valence-corrected chi connectivity index (χ0v) is 26.9. The number of hydrogen-bond donors (Lipinski definition) is 1. The van der Waals surface area contributed by atoms with Crippen molar-refractivity contribution in [3.63, 3.8) is 0 Å². The standard InChI is InChI=1S/C30H43N5O6Si/c1-20(41-42(9,10)30(5,6)7)25(34(8)27(37)39-19-21-14-12-11-13-15-21)26(36)33-24-17-16-23-22(32-24)18-31-35(23)28(38)40-29(2,3)4/h11-18,20,25H,19H2,1-10H3,(H,32,33,36)/t20-,25-/m0/s1/i8D. The zero-order valence-electron chi connectivity index (χ0n) is 26.9. The maximum absolute atomic E-state index is 13.8. The number of amides is 2. The van der Waals surface area contributed by atoms with Gasteiger partial charge < -0.3 is 19.2 Å². The molecule has 1 aromatic carbocycles. The Balaban J connectivity index is 1.89. The third kappa shape index (κ3) is 8.16. The maximum atomic E-state index is 13.8. The number of anilines is 1. The summed E-state index contributed by atoms with van der Waals surface area (Å²) in [5, 5.41) is 6.69. The molecule has 0 saturated carbocycles. The summed E-state index contributed by atoms with van der Waals surface area (Å²) in [5.74, 6) is -0.421. The zero-order chi connectivity index (χ0) is 32.2. The van der Waals surface area contributed by atoms with Crippen molar-refractivity contribution >= 4 is 43.3 Å². The van der Waals surface area contributed by atoms with E-state index in [1.54, 1.807) is 33.8 Å². The largest absolute Gasteiger partial charge is 0.445 e. The molecule has 0 aliphatic rings. The Hall–Kier alpha value is -3.77. The number of benzene rings is 1. The second-order valence-corrected chi connectivity index (χ2v) is 17.4. The van der Waals surface area contributed by atoms with Crippen LogP contribution in [0.1, 0.15) is 55.4 Å². The lowest BCUT2D eigenvalue weighted by Gasteiger charge is -2.41. The number of nitrogens with zero attached hydrogens (tertiary/aromatic N) is 4. The van der Waals surface area contributed by atoms with Crippen LogP contribution in [0.3, 0.4) is 0 Å². The van der Waals surface area contributed by atoms with E-state index < -0.39 is 51.2 Å². The fraction of sp³-hybridized carbons (Fsp3) is 0.500. The fourth-order valence-corrected chi connectivity index (χ4v) is 5.28. The van der Waals surface area contributed by atoms with Gasteiger partial charge in [0.2, 0.25) is 0 Å². The summed E-state index contributed by atoms with van der Waals surface area (Å²) in [6.45, 7) is 17.3. The van der Waals surface area contributed by atoms with Crippen molar-refractivity contribution in [3.8, 4) is 0 Å². The first kappa shape index (κ1) is 31.2. The Morgan fingerprint density at radius 2 is 1.74 bits per heavy atom. The minimum atomic E-state index is -2.39. The van der Waals surface area contributed by atoms with Crippen molar-refractivity contribution in [2.75, 3.05) is 12.3 Å². The third-order valence-electron chi connectivity index (χ3n) is 7.02. The number of nitrogens with one attached hydrogen (secondary N) is 1. The van der Waals surface area contributed by atoms with Gasteiger partial charge in [-0.25, -0.2) is 14.6 Å². The monoisotopic (exact) mass is 598 g/mol. The number of hydrogen-bond acceptors (Lipinski definition) is 8. The Morgan fingerprint density at radius 3 is 2.33 bits per heavy atom. The number of ether oxygens (including phenoxy) is 2. The number of carbonyl (C=O) groups excluding carboxylic acids is 3. The van der Waals surface area contributed by atoms with Gasteiger partial charge in [0.15, 0.2) is 8.32 Å². The lowest BCUT2D eigenvalue weighted by molar-refractivity contribution is -0.123. The molecule has 2 heterocycles. The lowest BCUT2D eigenvalue weighted by Crippen LogP contribution is -2.55. The van der Waals surface area contributed by atoms with E-state index in [-0.39, 0.29) is 17.5 Å². The molecule has 0 aliphatic carbocycles. The first-order valence-corrected chi connectivity index (χ1v) is 16.7. The number of aromatic nitrogens is 3. The second-order valence-electron chi connectivity index (χ2n) is 12.7. The first-order valence-electron chi connectivity index (χ1n) is 14.5. The van der Waals surface area contributed by atoms with Crippen LogP contribution in [0.4, 0.5) is 15.4 Å². The van der Waals surface area contributed by atoms with Gasteiger partial charge in [0.1, 0.15) is 29.6 Å². The molecule has 0 aliphatic heterocycles. The summed E-state index contributed by atoms with van der Waals surface area (Å²) >= 11 is 0. The van der Waals surface area contributed by atoms with E-state index >= 15 is 0 Å². The minimum Gasteiger partial charge on any atom is -0.445 e. The molecule has 2 atom stereocenters. The lowest BCUT2D eigenvalue weighted by atomic mass is 10.1. The van der Waals surface area contributed by atoms with Gasteiger partial charge in [-0.2, -0.15) is 9.78 Å². The summed E-state index contributed by atoms with van der Waals surface area (Å²) in [6.07, 6.45) is -0.842. The highest BCUT2D eigenvalue weighted by atomic mass is 28.4. The normalized spacial score (nSPS) is 14.1. The van der Waals surface area contributed by atoms with E-state index in [4.69, 9.17) is 15.3 Å². The summed E-state index contributed by atoms with van der Waals surface area (Å²) in [4.78, 5) is 45.1. The van der Waals surface area contributed by atoms with E-state index in [9.17, 15) is 14.4 Å². The van der Waals surface area contributed by atoms with Crippen LogP contribution in [0.2, 0.25) is 18.1 Å². The molecule has 0 unspecified atom stereocenters. The van der Waals surface area contributed by atoms with Crippen molar-refractivity contribution in [2.45, 2.75) is 91.0 Å². The average molecular weight is 599 g/mol. The van der Waals surface area contributed by atoms with Crippen LogP contribution < -0.4 is 5.32 Å². The molecule has 2 amide bonds. The van der Waals surface area contributed by atoms with E-state index in [0.29, 0.717) is 11.0 Å². The van der Waals surface area contributed by atoms with Crippen molar-refractivity contribution in [1.82, 2.24) is 19.7 Å². The summed E-state index contributed by atoms with van der Waals surface area (Å²) < 4.78 is 26.7. The highest BCUT2D eigenvalue weighted by molar-refractivity contribution is 6.74. The van der Waals surface area contributed by atoms with Gasteiger partial charge in [-0.05, 0) is 63.5 Å². The predicted molar refractivity (Wildman–Crippen MR) is 164 cm³/mol. The minimum absolute atomic E-state index is 0.0121. The predicted octanol–water partition coefficient (Wildman–Crippen LogP) is 6.20. The molecule has 0 fully saturated rings. The molecular formula is C30H43N5O6Si. The SMILES string of the molecule is [2H]CN(C(=O)OCc1ccccc1)[C@H](C(=O)Nc1ccc2c(cnn2C(=O)OC(C)(C)C)n1)[C@H](C)O[Si](C)(C)C(C)(C)C. The maximum Gasteiger partial charge on any atom is 0.435 e. The van der Waals surface area contributed by atoms with Crippen molar-refractivity contribution in [1.29, 1.82) is 0 Å². The van der Waals surface area contributed by atoms with Crippen molar-refractivity contribution < 1.29 is 29.7 Å². The molecule has 2 aromatic heterocycles. The number of carbonyl (C=O) groups is 3. The molecule has 1 N–H and O–H groups in total. The highest BCUT2D eigenvalue weighted by Crippen LogP contribution is 2.38. The molecule has 0 saturated heterocycles. The Kier molecular flexibility index (Phi) is 9.36. The molecule has 0 spiro atoms. The van der Waals surface area contributed by atoms with Crippen LogP contribution >= 0.6 is 0 Å². The number of rotatable bonds is 8. The second kappa shape index (κ2) is 12.6. The first-order chi connectivity index (χ1) is 19.9. The van der Waals surface area contributed by atoms with Gasteiger partial charge in [-0.1, -0.05) is 51.1 Å². The van der Waals surface area contributed by atoms with Gasteiger partial charge in [0, 0.05) is 8.39 Å². The molecule has 0 bridgehead atoms. The molecule has 12 heteroatoms. The molecule has 3 rings (SSSR count). The average Bonchev–Trinajstić information content (AvgIpc) is 3.32. The number of fused-ring (bicyclic) bond motifs is 1. The summed E-state index contributed by atoms with van der Waals surface area (Å²) in [7, 11) is -2.92. The van der Waals surface area contributed by atoms with Crippen molar-refractivity contribution in [2.24, 2.45) is 0 Å². The smallest absolute Gasteiger partial charge is 0.435 e. The third-order valence-corrected chi connectivity index (χ3v) is 11.6. The van der Waals surface area contributed by atoms with Crippen LogP contribution in [-0.4, -0.2) is 70.8 Å². The van der Waals surface area contributed by atoms with E-state index in [2.05, 4.69) is 49.3 Å². The van der Waals surface area contributed by atoms with Crippen LogP contribution in [0.15, 0.2) is 48.7 Å². The quantitative estimate of drug-likeness (QED) is 0.304. The van der Waals surface area contributed by atoms with Crippen LogP contribution in [0.25, 0.3) is 11.0 Å². The highest BCUT2D eigenvalue weighted by Gasteiger charge is 2.43. The molecule has 3 aromatic rings. The van der Waals surface area contributed by atoms with Crippen molar-refractivity contribution in [3.05, 3.63) is 54.2 Å².